The first kappa shape index (κ1) is 16.2. The molecule has 0 aliphatic carbocycles. The van der Waals surface area contributed by atoms with Crippen LogP contribution in [0, 0.1) is 0 Å². The summed E-state index contributed by atoms with van der Waals surface area (Å²) in [6, 6.07) is 8.62. The number of amides is 2. The zero-order chi connectivity index (χ0) is 16.4. The molecule has 4 nitrogen and oxygen atoms in total. The number of carbonyl (C=O) groups excluding carboxylic acids is 2. The van der Waals surface area contributed by atoms with E-state index < -0.39 is 6.04 Å². The summed E-state index contributed by atoms with van der Waals surface area (Å²) in [5, 5.41) is 4.85. The number of halogens is 1. The maximum Gasteiger partial charge on any atom is 0.251 e. The summed E-state index contributed by atoms with van der Waals surface area (Å²) in [6.45, 7) is 3.09. The Morgan fingerprint density at radius 1 is 1.26 bits per heavy atom. The number of carbonyl (C=O) groups is 2. The summed E-state index contributed by atoms with van der Waals surface area (Å²) in [4.78, 5) is 28.0. The number of hydrogen-bond acceptors (Lipinski definition) is 3. The van der Waals surface area contributed by atoms with Gasteiger partial charge in [0, 0.05) is 28.0 Å². The molecule has 1 aliphatic heterocycles. The maximum atomic E-state index is 12.6. The van der Waals surface area contributed by atoms with E-state index in [0.29, 0.717) is 18.7 Å². The van der Waals surface area contributed by atoms with Crippen molar-refractivity contribution in [2.24, 2.45) is 0 Å². The van der Waals surface area contributed by atoms with Crippen LogP contribution in [-0.2, 0) is 17.8 Å². The Kier molecular flexibility index (Phi) is 4.82. The van der Waals surface area contributed by atoms with Gasteiger partial charge in [-0.1, -0.05) is 15.9 Å². The smallest absolute Gasteiger partial charge is 0.251 e. The van der Waals surface area contributed by atoms with Gasteiger partial charge in [0.15, 0.2) is 0 Å². The van der Waals surface area contributed by atoms with Crippen molar-refractivity contribution >= 4 is 39.1 Å². The lowest BCUT2D eigenvalue weighted by Gasteiger charge is -2.29. The van der Waals surface area contributed by atoms with Crippen LogP contribution in [0.5, 0.6) is 0 Å². The van der Waals surface area contributed by atoms with Gasteiger partial charge >= 0.3 is 0 Å². The molecule has 6 heteroatoms. The van der Waals surface area contributed by atoms with Gasteiger partial charge < -0.3 is 10.2 Å². The van der Waals surface area contributed by atoms with E-state index in [2.05, 4.69) is 32.7 Å². The Labute approximate surface area is 147 Å². The van der Waals surface area contributed by atoms with Crippen LogP contribution >= 0.6 is 27.3 Å². The first-order valence-electron chi connectivity index (χ1n) is 7.45. The van der Waals surface area contributed by atoms with Crippen LogP contribution in [0.3, 0.4) is 0 Å². The third kappa shape index (κ3) is 3.64. The molecule has 2 heterocycles. The zero-order valence-electron chi connectivity index (χ0n) is 12.7. The van der Waals surface area contributed by atoms with Crippen molar-refractivity contribution in [3.63, 3.8) is 0 Å². The molecule has 3 rings (SSSR count). The summed E-state index contributed by atoms with van der Waals surface area (Å²) in [5.41, 5.74) is 1.77. The molecule has 1 aromatic carbocycles. The topological polar surface area (TPSA) is 49.4 Å². The normalized spacial score (nSPS) is 15.0. The third-order valence-electron chi connectivity index (χ3n) is 3.94. The second-order valence-corrected chi connectivity index (χ2v) is 7.50. The van der Waals surface area contributed by atoms with Gasteiger partial charge in [-0.25, -0.2) is 0 Å². The Morgan fingerprint density at radius 2 is 2.00 bits per heavy atom. The average molecular weight is 393 g/mol. The summed E-state index contributed by atoms with van der Waals surface area (Å²) >= 11 is 5.08. The molecule has 1 atom stereocenters. The van der Waals surface area contributed by atoms with E-state index in [0.717, 1.165) is 10.9 Å². The Balaban J connectivity index is 1.62. The van der Waals surface area contributed by atoms with Gasteiger partial charge in [0.25, 0.3) is 5.91 Å². The van der Waals surface area contributed by atoms with E-state index in [9.17, 15) is 9.59 Å². The largest absolute Gasteiger partial charge is 0.341 e. The molecule has 120 valence electrons. The highest BCUT2D eigenvalue weighted by molar-refractivity contribution is 9.10. The molecule has 0 saturated heterocycles. The fraction of sp³-hybridized carbons (Fsp3) is 0.294. The summed E-state index contributed by atoms with van der Waals surface area (Å²) in [6.07, 6.45) is 0.895. The summed E-state index contributed by atoms with van der Waals surface area (Å²) in [7, 11) is 0. The molecule has 0 unspecified atom stereocenters. The number of rotatable bonds is 3. The predicted molar refractivity (Wildman–Crippen MR) is 94.5 cm³/mol. The Morgan fingerprint density at radius 3 is 2.74 bits per heavy atom. The van der Waals surface area contributed by atoms with E-state index in [1.54, 1.807) is 30.4 Å². The fourth-order valence-corrected chi connectivity index (χ4v) is 3.81. The molecule has 2 amide bonds. The molecule has 0 bridgehead atoms. The third-order valence-corrected chi connectivity index (χ3v) is 5.50. The molecular formula is C17H17BrN2O2S. The minimum absolute atomic E-state index is 0.0349. The Bertz CT molecular complexity index is 726. The summed E-state index contributed by atoms with van der Waals surface area (Å²) < 4.78 is 0.915. The van der Waals surface area contributed by atoms with Crippen molar-refractivity contribution in [1.29, 1.82) is 0 Å². The Hall–Kier alpha value is -1.66. The van der Waals surface area contributed by atoms with Crippen LogP contribution in [0.1, 0.15) is 27.7 Å². The molecule has 2 aromatic rings. The van der Waals surface area contributed by atoms with Crippen LogP contribution < -0.4 is 5.32 Å². The lowest BCUT2D eigenvalue weighted by atomic mass is 10.1. The number of thiophene rings is 1. The van der Waals surface area contributed by atoms with Crippen molar-refractivity contribution in [2.45, 2.75) is 25.9 Å². The van der Waals surface area contributed by atoms with Crippen LogP contribution in [0.4, 0.5) is 0 Å². The molecular weight excluding hydrogens is 376 g/mol. The van der Waals surface area contributed by atoms with Gasteiger partial charge in [-0.05, 0) is 54.6 Å². The first-order chi connectivity index (χ1) is 11.0. The molecule has 0 spiro atoms. The number of nitrogens with one attached hydrogen (secondary N) is 1. The van der Waals surface area contributed by atoms with Gasteiger partial charge in [-0.2, -0.15) is 0 Å². The fourth-order valence-electron chi connectivity index (χ4n) is 2.65. The molecule has 1 N–H and O–H groups in total. The van der Waals surface area contributed by atoms with Crippen molar-refractivity contribution in [3.05, 3.63) is 56.2 Å². The average Bonchev–Trinajstić information content (AvgIpc) is 3.02. The lowest BCUT2D eigenvalue weighted by molar-refractivity contribution is -0.133. The molecule has 1 aliphatic rings. The first-order valence-corrected chi connectivity index (χ1v) is 9.12. The van der Waals surface area contributed by atoms with Gasteiger partial charge in [0.2, 0.25) is 5.91 Å². The monoisotopic (exact) mass is 392 g/mol. The molecule has 0 fully saturated rings. The molecule has 23 heavy (non-hydrogen) atoms. The highest BCUT2D eigenvalue weighted by atomic mass is 79.9. The minimum atomic E-state index is -0.536. The van der Waals surface area contributed by atoms with Crippen LogP contribution in [0.25, 0.3) is 0 Å². The van der Waals surface area contributed by atoms with E-state index in [1.165, 1.54) is 10.4 Å². The molecule has 1 aromatic heterocycles. The SMILES string of the molecule is C[C@@H](NC(=O)c1ccc(Br)cc1)C(=O)N1CCc2sccc2C1. The molecule has 0 radical (unpaired) electrons. The van der Waals surface area contributed by atoms with Gasteiger partial charge in [0.1, 0.15) is 6.04 Å². The number of benzene rings is 1. The highest BCUT2D eigenvalue weighted by Crippen LogP contribution is 2.24. The quantitative estimate of drug-likeness (QED) is 0.871. The van der Waals surface area contributed by atoms with Crippen LogP contribution in [0.15, 0.2) is 40.2 Å². The van der Waals surface area contributed by atoms with Crippen LogP contribution in [-0.4, -0.2) is 29.3 Å². The molecule has 0 saturated carbocycles. The van der Waals surface area contributed by atoms with Crippen molar-refractivity contribution in [3.8, 4) is 0 Å². The number of hydrogen-bond donors (Lipinski definition) is 1. The van der Waals surface area contributed by atoms with E-state index in [-0.39, 0.29) is 11.8 Å². The van der Waals surface area contributed by atoms with Crippen molar-refractivity contribution in [2.75, 3.05) is 6.54 Å². The predicted octanol–water partition coefficient (Wildman–Crippen LogP) is 3.21. The minimum Gasteiger partial charge on any atom is -0.341 e. The van der Waals surface area contributed by atoms with Gasteiger partial charge in [0.05, 0.1) is 0 Å². The van der Waals surface area contributed by atoms with E-state index in [1.807, 2.05) is 17.0 Å². The van der Waals surface area contributed by atoms with E-state index >= 15 is 0 Å². The highest BCUT2D eigenvalue weighted by Gasteiger charge is 2.26. The van der Waals surface area contributed by atoms with Crippen LogP contribution in [0.2, 0.25) is 0 Å². The lowest BCUT2D eigenvalue weighted by Crippen LogP contribution is -2.48. The zero-order valence-corrected chi connectivity index (χ0v) is 15.1. The standard InChI is InChI=1S/C17H17BrN2O2S/c1-11(19-16(21)12-2-4-14(18)5-3-12)17(22)20-8-6-15-13(10-20)7-9-23-15/h2-5,7,9,11H,6,8,10H2,1H3,(H,19,21)/t11-/m1/s1. The second-order valence-electron chi connectivity index (χ2n) is 5.58. The van der Waals surface area contributed by atoms with Crippen molar-refractivity contribution in [1.82, 2.24) is 10.2 Å². The second kappa shape index (κ2) is 6.84. The number of nitrogens with zero attached hydrogens (tertiary/aromatic N) is 1. The number of fused-ring (bicyclic) bond motifs is 1. The van der Waals surface area contributed by atoms with Gasteiger partial charge in [-0.15, -0.1) is 11.3 Å². The summed E-state index contributed by atoms with van der Waals surface area (Å²) in [5.74, 6) is -0.265. The maximum absolute atomic E-state index is 12.6. The van der Waals surface area contributed by atoms with Crippen molar-refractivity contribution < 1.29 is 9.59 Å². The van der Waals surface area contributed by atoms with E-state index in [4.69, 9.17) is 0 Å². The van der Waals surface area contributed by atoms with Gasteiger partial charge in [-0.3, -0.25) is 9.59 Å².